The van der Waals surface area contributed by atoms with Gasteiger partial charge >= 0.3 is 11.9 Å². The molecular formula is C16H20O5. The minimum Gasteiger partial charge on any atom is -0.497 e. The van der Waals surface area contributed by atoms with E-state index in [1.165, 1.54) is 14.0 Å². The lowest BCUT2D eigenvalue weighted by Crippen LogP contribution is -2.10. The van der Waals surface area contributed by atoms with Gasteiger partial charge in [-0.05, 0) is 49.6 Å². The molecule has 0 aliphatic heterocycles. The Kier molecular flexibility index (Phi) is 5.96. The van der Waals surface area contributed by atoms with Gasteiger partial charge in [0.2, 0.25) is 0 Å². The molecule has 1 N–H and O–H groups in total. The summed E-state index contributed by atoms with van der Waals surface area (Å²) < 4.78 is 10.1. The SMILES string of the molecule is CCOC(=O)Cc1cc(OC)ccc1/C(C)=C(\C)C(=O)O. The van der Waals surface area contributed by atoms with Gasteiger partial charge in [0.05, 0.1) is 20.1 Å². The number of carboxylic acid groups (broad SMARTS) is 1. The van der Waals surface area contributed by atoms with Crippen molar-refractivity contribution >= 4 is 17.5 Å². The summed E-state index contributed by atoms with van der Waals surface area (Å²) in [6.07, 6.45) is 0.0740. The standard InChI is InChI=1S/C16H20O5/c1-5-21-15(17)9-12-8-13(20-4)6-7-14(12)10(2)11(3)16(18)19/h6-8H,5,9H2,1-4H3,(H,18,19)/b11-10+. The second-order valence-corrected chi connectivity index (χ2v) is 4.56. The maximum Gasteiger partial charge on any atom is 0.331 e. The van der Waals surface area contributed by atoms with Gasteiger partial charge in [0.25, 0.3) is 0 Å². The van der Waals surface area contributed by atoms with Crippen LogP contribution in [0, 0.1) is 0 Å². The van der Waals surface area contributed by atoms with E-state index in [9.17, 15) is 9.59 Å². The number of aliphatic carboxylic acids is 1. The highest BCUT2D eigenvalue weighted by molar-refractivity contribution is 5.96. The molecule has 0 atom stereocenters. The molecule has 0 saturated carbocycles. The van der Waals surface area contributed by atoms with Crippen molar-refractivity contribution in [3.8, 4) is 5.75 Å². The Bertz CT molecular complexity index is 572. The van der Waals surface area contributed by atoms with Crippen LogP contribution in [0.5, 0.6) is 5.75 Å². The molecule has 0 spiro atoms. The van der Waals surface area contributed by atoms with Gasteiger partial charge in [-0.25, -0.2) is 4.79 Å². The van der Waals surface area contributed by atoms with Gasteiger partial charge in [0, 0.05) is 5.57 Å². The van der Waals surface area contributed by atoms with Gasteiger partial charge in [-0.3, -0.25) is 4.79 Å². The van der Waals surface area contributed by atoms with E-state index in [0.29, 0.717) is 29.1 Å². The van der Waals surface area contributed by atoms with Gasteiger partial charge in [-0.15, -0.1) is 0 Å². The number of esters is 1. The summed E-state index contributed by atoms with van der Waals surface area (Å²) in [4.78, 5) is 22.8. The molecule has 0 aromatic heterocycles. The zero-order valence-electron chi connectivity index (χ0n) is 12.7. The van der Waals surface area contributed by atoms with Crippen LogP contribution >= 0.6 is 0 Å². The third-order valence-electron chi connectivity index (χ3n) is 3.24. The van der Waals surface area contributed by atoms with Crippen molar-refractivity contribution < 1.29 is 24.2 Å². The minimum absolute atomic E-state index is 0.0740. The Labute approximate surface area is 124 Å². The lowest BCUT2D eigenvalue weighted by atomic mass is 9.95. The van der Waals surface area contributed by atoms with Crippen molar-refractivity contribution in [1.82, 2.24) is 0 Å². The van der Waals surface area contributed by atoms with Gasteiger partial charge in [-0.1, -0.05) is 6.07 Å². The highest BCUT2D eigenvalue weighted by atomic mass is 16.5. The summed E-state index contributed by atoms with van der Waals surface area (Å²) in [6.45, 7) is 5.31. The molecule has 0 radical (unpaired) electrons. The van der Waals surface area contributed by atoms with Crippen molar-refractivity contribution in [3.05, 3.63) is 34.9 Å². The van der Waals surface area contributed by atoms with E-state index < -0.39 is 5.97 Å². The normalized spacial score (nSPS) is 11.6. The van der Waals surface area contributed by atoms with Gasteiger partial charge in [-0.2, -0.15) is 0 Å². The number of carbonyl (C=O) groups excluding carboxylic acids is 1. The summed E-state index contributed by atoms with van der Waals surface area (Å²) in [5.74, 6) is -0.725. The fraction of sp³-hybridized carbons (Fsp3) is 0.375. The number of benzene rings is 1. The monoisotopic (exact) mass is 292 g/mol. The highest BCUT2D eigenvalue weighted by Crippen LogP contribution is 2.26. The molecular weight excluding hydrogens is 272 g/mol. The largest absolute Gasteiger partial charge is 0.497 e. The maximum absolute atomic E-state index is 11.7. The van der Waals surface area contributed by atoms with Crippen LogP contribution in [-0.2, 0) is 20.7 Å². The molecule has 0 aliphatic carbocycles. The van der Waals surface area contributed by atoms with Crippen molar-refractivity contribution in [2.75, 3.05) is 13.7 Å². The zero-order valence-corrected chi connectivity index (χ0v) is 12.7. The fourth-order valence-corrected chi connectivity index (χ4v) is 1.94. The van der Waals surface area contributed by atoms with Crippen LogP contribution in [0.4, 0.5) is 0 Å². The number of carboxylic acids is 1. The Hall–Kier alpha value is -2.30. The molecule has 1 aromatic rings. The van der Waals surface area contributed by atoms with Gasteiger partial charge in [0.15, 0.2) is 0 Å². The molecule has 5 heteroatoms. The second kappa shape index (κ2) is 7.47. The fourth-order valence-electron chi connectivity index (χ4n) is 1.94. The predicted octanol–water partition coefficient (Wildman–Crippen LogP) is 2.68. The second-order valence-electron chi connectivity index (χ2n) is 4.56. The topological polar surface area (TPSA) is 72.8 Å². The third kappa shape index (κ3) is 4.34. The highest BCUT2D eigenvalue weighted by Gasteiger charge is 2.15. The molecule has 0 heterocycles. The smallest absolute Gasteiger partial charge is 0.331 e. The molecule has 114 valence electrons. The molecule has 1 rings (SSSR count). The van der Waals surface area contributed by atoms with Gasteiger partial charge < -0.3 is 14.6 Å². The average molecular weight is 292 g/mol. The molecule has 5 nitrogen and oxygen atoms in total. The predicted molar refractivity (Wildman–Crippen MR) is 79.2 cm³/mol. The Morgan fingerprint density at radius 2 is 1.90 bits per heavy atom. The van der Waals surface area contributed by atoms with E-state index in [2.05, 4.69) is 0 Å². The summed E-state index contributed by atoms with van der Waals surface area (Å²) >= 11 is 0. The van der Waals surface area contributed by atoms with Crippen LogP contribution in [0.3, 0.4) is 0 Å². The third-order valence-corrected chi connectivity index (χ3v) is 3.24. The van der Waals surface area contributed by atoms with Crippen LogP contribution in [0.15, 0.2) is 23.8 Å². The summed E-state index contributed by atoms with van der Waals surface area (Å²) in [5.41, 5.74) is 2.25. The van der Waals surface area contributed by atoms with Gasteiger partial charge in [0.1, 0.15) is 5.75 Å². The maximum atomic E-state index is 11.7. The molecule has 0 aliphatic rings. The van der Waals surface area contributed by atoms with Crippen molar-refractivity contribution in [3.63, 3.8) is 0 Å². The number of ether oxygens (including phenoxy) is 2. The minimum atomic E-state index is -0.981. The number of hydrogen-bond acceptors (Lipinski definition) is 4. The molecule has 21 heavy (non-hydrogen) atoms. The summed E-state index contributed by atoms with van der Waals surface area (Å²) in [7, 11) is 1.54. The number of allylic oxidation sites excluding steroid dienone is 1. The Balaban J connectivity index is 3.28. The first-order valence-corrected chi connectivity index (χ1v) is 6.64. The van der Waals surface area contributed by atoms with E-state index in [4.69, 9.17) is 14.6 Å². The van der Waals surface area contributed by atoms with E-state index in [1.807, 2.05) is 0 Å². The molecule has 0 unspecified atom stereocenters. The lowest BCUT2D eigenvalue weighted by molar-refractivity contribution is -0.142. The van der Waals surface area contributed by atoms with E-state index in [0.717, 1.165) is 0 Å². The first kappa shape index (κ1) is 16.8. The van der Waals surface area contributed by atoms with E-state index in [-0.39, 0.29) is 18.0 Å². The number of methoxy groups -OCH3 is 1. The van der Waals surface area contributed by atoms with Crippen LogP contribution in [0.1, 0.15) is 31.9 Å². The summed E-state index contributed by atoms with van der Waals surface area (Å²) in [5, 5.41) is 9.10. The lowest BCUT2D eigenvalue weighted by Gasteiger charge is -2.13. The van der Waals surface area contributed by atoms with Crippen molar-refractivity contribution in [2.45, 2.75) is 27.2 Å². The Morgan fingerprint density at radius 1 is 1.24 bits per heavy atom. The van der Waals surface area contributed by atoms with Crippen LogP contribution < -0.4 is 4.74 Å². The number of hydrogen-bond donors (Lipinski definition) is 1. The molecule has 0 saturated heterocycles. The molecule has 0 fully saturated rings. The van der Waals surface area contributed by atoms with Crippen LogP contribution in [0.25, 0.3) is 5.57 Å². The van der Waals surface area contributed by atoms with Crippen LogP contribution in [-0.4, -0.2) is 30.8 Å². The Morgan fingerprint density at radius 3 is 2.43 bits per heavy atom. The quantitative estimate of drug-likeness (QED) is 0.644. The first-order chi connectivity index (χ1) is 9.90. The van der Waals surface area contributed by atoms with E-state index >= 15 is 0 Å². The molecule has 0 bridgehead atoms. The van der Waals surface area contributed by atoms with E-state index in [1.54, 1.807) is 32.0 Å². The molecule has 1 aromatic carbocycles. The molecule has 0 amide bonds. The summed E-state index contributed by atoms with van der Waals surface area (Å²) in [6, 6.07) is 5.22. The van der Waals surface area contributed by atoms with Crippen molar-refractivity contribution in [1.29, 1.82) is 0 Å². The number of carbonyl (C=O) groups is 2. The van der Waals surface area contributed by atoms with Crippen LogP contribution in [0.2, 0.25) is 0 Å². The number of rotatable bonds is 6. The first-order valence-electron chi connectivity index (χ1n) is 6.64. The zero-order chi connectivity index (χ0) is 16.0. The average Bonchev–Trinajstić information content (AvgIpc) is 2.45. The van der Waals surface area contributed by atoms with Crippen molar-refractivity contribution in [2.24, 2.45) is 0 Å².